The van der Waals surface area contributed by atoms with Crippen LogP contribution in [0.1, 0.15) is 5.56 Å². The Kier molecular flexibility index (Phi) is 5.57. The second-order valence-corrected chi connectivity index (χ2v) is 6.17. The van der Waals surface area contributed by atoms with E-state index in [1.807, 2.05) is 12.1 Å². The fraction of sp³-hybridized carbons (Fsp3) is 0.333. The lowest BCUT2D eigenvalue weighted by Gasteiger charge is -2.34. The van der Waals surface area contributed by atoms with Gasteiger partial charge in [-0.2, -0.15) is 0 Å². The highest BCUT2D eigenvalue weighted by molar-refractivity contribution is 5.92. The van der Waals surface area contributed by atoms with Crippen molar-refractivity contribution in [2.24, 2.45) is 0 Å². The Morgan fingerprint density at radius 3 is 2.60 bits per heavy atom. The molecular weight excluding hydrogens is 321 g/mol. The number of benzene rings is 1. The van der Waals surface area contributed by atoms with Crippen molar-refractivity contribution >= 4 is 17.4 Å². The molecule has 1 aliphatic rings. The van der Waals surface area contributed by atoms with Crippen LogP contribution in [-0.4, -0.2) is 53.4 Å². The molecule has 1 saturated heterocycles. The number of nitrogens with two attached hydrogens (primary N) is 1. The first-order valence-electron chi connectivity index (χ1n) is 8.29. The van der Waals surface area contributed by atoms with Crippen LogP contribution in [0.3, 0.4) is 0 Å². The molecule has 1 fully saturated rings. The van der Waals surface area contributed by atoms with E-state index in [-0.39, 0.29) is 18.1 Å². The summed E-state index contributed by atoms with van der Waals surface area (Å²) in [6.07, 6.45) is 1.72. The third-order valence-corrected chi connectivity index (χ3v) is 4.23. The molecule has 0 spiro atoms. The zero-order valence-electron chi connectivity index (χ0n) is 14.0. The first-order chi connectivity index (χ1) is 12.1. The lowest BCUT2D eigenvalue weighted by atomic mass is 10.2. The smallest absolute Gasteiger partial charge is 0.238 e. The number of nitrogens with zero attached hydrogens (tertiary/aromatic N) is 3. The number of hydrogen-bond donors (Lipinski definition) is 2. The van der Waals surface area contributed by atoms with Crippen molar-refractivity contribution in [2.45, 2.75) is 6.54 Å². The fourth-order valence-electron chi connectivity index (χ4n) is 2.91. The molecular formula is C18H22FN5O. The number of amides is 1. The van der Waals surface area contributed by atoms with Crippen molar-refractivity contribution in [1.29, 1.82) is 0 Å². The van der Waals surface area contributed by atoms with Gasteiger partial charge in [0.15, 0.2) is 0 Å². The molecule has 7 heteroatoms. The van der Waals surface area contributed by atoms with E-state index in [0.717, 1.165) is 38.3 Å². The second kappa shape index (κ2) is 8.04. The van der Waals surface area contributed by atoms with E-state index in [9.17, 15) is 9.18 Å². The Morgan fingerprint density at radius 2 is 1.88 bits per heavy atom. The van der Waals surface area contributed by atoms with Crippen molar-refractivity contribution in [3.8, 4) is 0 Å². The van der Waals surface area contributed by atoms with Gasteiger partial charge in [-0.1, -0.05) is 12.1 Å². The summed E-state index contributed by atoms with van der Waals surface area (Å²) < 4.78 is 13.6. The summed E-state index contributed by atoms with van der Waals surface area (Å²) in [6.45, 7) is 4.42. The molecule has 25 heavy (non-hydrogen) atoms. The van der Waals surface area contributed by atoms with Gasteiger partial charge < -0.3 is 11.1 Å². The van der Waals surface area contributed by atoms with Crippen molar-refractivity contribution in [2.75, 3.05) is 43.8 Å². The van der Waals surface area contributed by atoms with E-state index in [1.54, 1.807) is 24.4 Å². The van der Waals surface area contributed by atoms with Crippen LogP contribution in [0.4, 0.5) is 15.9 Å². The lowest BCUT2D eigenvalue weighted by molar-refractivity contribution is -0.117. The molecule has 2 heterocycles. The summed E-state index contributed by atoms with van der Waals surface area (Å²) in [5.74, 6) is -0.0845. The third kappa shape index (κ3) is 4.98. The van der Waals surface area contributed by atoms with Crippen LogP contribution in [0.5, 0.6) is 0 Å². The number of piperazine rings is 1. The normalized spacial score (nSPS) is 15.9. The summed E-state index contributed by atoms with van der Waals surface area (Å²) in [4.78, 5) is 20.5. The number of nitrogens with one attached hydrogen (secondary N) is 1. The molecule has 1 amide bonds. The van der Waals surface area contributed by atoms with Crippen molar-refractivity contribution < 1.29 is 9.18 Å². The van der Waals surface area contributed by atoms with Crippen LogP contribution >= 0.6 is 0 Å². The topological polar surface area (TPSA) is 74.5 Å². The molecule has 132 valence electrons. The molecule has 2 aromatic rings. The SMILES string of the molecule is Nc1cc(CN2CCN(CC(=O)Nc3ccccc3F)CC2)ccn1. The van der Waals surface area contributed by atoms with Gasteiger partial charge in [-0.15, -0.1) is 0 Å². The molecule has 6 nitrogen and oxygen atoms in total. The van der Waals surface area contributed by atoms with Gasteiger partial charge in [0.2, 0.25) is 5.91 Å². The number of rotatable bonds is 5. The predicted octanol–water partition coefficient (Wildman–Crippen LogP) is 1.56. The average Bonchev–Trinajstić information content (AvgIpc) is 2.59. The average molecular weight is 343 g/mol. The molecule has 0 bridgehead atoms. The Balaban J connectivity index is 1.44. The number of carbonyl (C=O) groups excluding carboxylic acids is 1. The zero-order chi connectivity index (χ0) is 17.6. The standard InChI is InChI=1S/C18H22FN5O/c19-15-3-1-2-4-16(15)22-18(25)13-24-9-7-23(8-10-24)12-14-5-6-21-17(20)11-14/h1-6,11H,7-10,12-13H2,(H2,20,21)(H,22,25). The zero-order valence-corrected chi connectivity index (χ0v) is 14.0. The highest BCUT2D eigenvalue weighted by Gasteiger charge is 2.19. The summed E-state index contributed by atoms with van der Waals surface area (Å²) in [6, 6.07) is 10.0. The van der Waals surface area contributed by atoms with Crippen LogP contribution in [0, 0.1) is 5.82 Å². The molecule has 3 N–H and O–H groups in total. The summed E-state index contributed by atoms with van der Waals surface area (Å²) in [7, 11) is 0. The maximum atomic E-state index is 13.6. The van der Waals surface area contributed by atoms with Gasteiger partial charge in [0.05, 0.1) is 12.2 Å². The highest BCUT2D eigenvalue weighted by atomic mass is 19.1. The van der Waals surface area contributed by atoms with Gasteiger partial charge in [-0.25, -0.2) is 9.37 Å². The minimum absolute atomic E-state index is 0.194. The monoisotopic (exact) mass is 343 g/mol. The summed E-state index contributed by atoms with van der Waals surface area (Å²) in [5.41, 5.74) is 7.07. The molecule has 0 saturated carbocycles. The quantitative estimate of drug-likeness (QED) is 0.862. The Labute approximate surface area is 146 Å². The Hall–Kier alpha value is -2.51. The largest absolute Gasteiger partial charge is 0.384 e. The number of carbonyl (C=O) groups is 1. The molecule has 0 atom stereocenters. The fourth-order valence-corrected chi connectivity index (χ4v) is 2.91. The van der Waals surface area contributed by atoms with Crippen molar-refractivity contribution in [3.63, 3.8) is 0 Å². The molecule has 0 aliphatic carbocycles. The van der Waals surface area contributed by atoms with Crippen LogP contribution in [0.15, 0.2) is 42.6 Å². The molecule has 1 aromatic heterocycles. The first kappa shape index (κ1) is 17.3. The van der Waals surface area contributed by atoms with Crippen LogP contribution in [0.2, 0.25) is 0 Å². The number of halogens is 1. The van der Waals surface area contributed by atoms with Gasteiger partial charge in [0.1, 0.15) is 11.6 Å². The van der Waals surface area contributed by atoms with E-state index >= 15 is 0 Å². The van der Waals surface area contributed by atoms with Gasteiger partial charge in [0.25, 0.3) is 0 Å². The maximum Gasteiger partial charge on any atom is 0.238 e. The van der Waals surface area contributed by atoms with E-state index in [4.69, 9.17) is 5.73 Å². The number of aromatic nitrogens is 1. The predicted molar refractivity (Wildman–Crippen MR) is 95.4 cm³/mol. The lowest BCUT2D eigenvalue weighted by Crippen LogP contribution is -2.48. The number of pyridine rings is 1. The van der Waals surface area contributed by atoms with Crippen LogP contribution in [-0.2, 0) is 11.3 Å². The van der Waals surface area contributed by atoms with Gasteiger partial charge in [-0.3, -0.25) is 14.6 Å². The van der Waals surface area contributed by atoms with Gasteiger partial charge in [0, 0.05) is 38.9 Å². The van der Waals surface area contributed by atoms with Crippen LogP contribution < -0.4 is 11.1 Å². The van der Waals surface area contributed by atoms with Crippen molar-refractivity contribution in [3.05, 3.63) is 54.0 Å². The minimum atomic E-state index is -0.419. The number of para-hydroxylation sites is 1. The number of anilines is 2. The van der Waals surface area contributed by atoms with E-state index in [0.29, 0.717) is 5.82 Å². The molecule has 1 aromatic carbocycles. The third-order valence-electron chi connectivity index (χ3n) is 4.23. The maximum absolute atomic E-state index is 13.6. The Morgan fingerprint density at radius 1 is 1.16 bits per heavy atom. The second-order valence-electron chi connectivity index (χ2n) is 6.17. The number of nitrogen functional groups attached to an aromatic ring is 1. The van der Waals surface area contributed by atoms with E-state index in [1.165, 1.54) is 6.07 Å². The Bertz CT molecular complexity index is 731. The van der Waals surface area contributed by atoms with Gasteiger partial charge >= 0.3 is 0 Å². The van der Waals surface area contributed by atoms with Crippen molar-refractivity contribution in [1.82, 2.24) is 14.8 Å². The molecule has 3 rings (SSSR count). The van der Waals surface area contributed by atoms with E-state index in [2.05, 4.69) is 20.1 Å². The minimum Gasteiger partial charge on any atom is -0.384 e. The summed E-state index contributed by atoms with van der Waals surface area (Å²) >= 11 is 0. The summed E-state index contributed by atoms with van der Waals surface area (Å²) in [5, 5.41) is 2.62. The molecule has 0 unspecified atom stereocenters. The van der Waals surface area contributed by atoms with E-state index < -0.39 is 5.82 Å². The molecule has 1 aliphatic heterocycles. The highest BCUT2D eigenvalue weighted by Crippen LogP contribution is 2.13. The molecule has 0 radical (unpaired) electrons. The first-order valence-corrected chi connectivity index (χ1v) is 8.29. The number of hydrogen-bond acceptors (Lipinski definition) is 5. The van der Waals surface area contributed by atoms with Gasteiger partial charge in [-0.05, 0) is 29.8 Å². The van der Waals surface area contributed by atoms with Crippen LogP contribution in [0.25, 0.3) is 0 Å².